The van der Waals surface area contributed by atoms with Gasteiger partial charge in [0, 0.05) is 43.5 Å². The van der Waals surface area contributed by atoms with Crippen LogP contribution in [0.4, 0.5) is 4.79 Å². The van der Waals surface area contributed by atoms with Gasteiger partial charge in [-0.3, -0.25) is 14.4 Å². The molecule has 12 nitrogen and oxygen atoms in total. The highest BCUT2D eigenvalue weighted by Crippen LogP contribution is 2.33. The van der Waals surface area contributed by atoms with Crippen LogP contribution in [0.3, 0.4) is 0 Å². The first-order chi connectivity index (χ1) is 24.7. The molecule has 5 amide bonds. The van der Waals surface area contributed by atoms with Crippen molar-refractivity contribution in [2.75, 3.05) is 46.2 Å². The van der Waals surface area contributed by atoms with Crippen molar-refractivity contribution < 1.29 is 33.4 Å². The van der Waals surface area contributed by atoms with Crippen molar-refractivity contribution in [2.24, 2.45) is 0 Å². The van der Waals surface area contributed by atoms with Crippen molar-refractivity contribution in [3.05, 3.63) is 53.6 Å². The highest BCUT2D eigenvalue weighted by molar-refractivity contribution is 8.00. The summed E-state index contributed by atoms with van der Waals surface area (Å²) in [5.74, 6) is 3.08. The zero-order valence-electron chi connectivity index (χ0n) is 30.2. The molecule has 2 heterocycles. The standard InChI is InChI=1S/C38H55N5O7S/c1-26(15-16-27-17-18-31(48-2)32(22-27)49-3)28-10-9-11-29(23-28)50-24-36(46)41-21-20-40-35(45)13-5-4-8-19-39-34(44)14-7-6-12-33-37-30(25-51-33)42-38(47)43-37/h9-11,17-18,22-23,26,30,33,37H,4-8,12-16,19-21,24-25H2,1-3H3,(H,39,44)(H,40,45)(H,41,46)(H2,42,43,47)/t26-,30?,33+,37?/m1/s1. The van der Waals surface area contributed by atoms with Gasteiger partial charge in [-0.15, -0.1) is 0 Å². The van der Waals surface area contributed by atoms with Gasteiger partial charge in [0.2, 0.25) is 11.8 Å². The third-order valence-electron chi connectivity index (χ3n) is 9.36. The minimum Gasteiger partial charge on any atom is -0.493 e. The van der Waals surface area contributed by atoms with E-state index in [0.717, 1.165) is 68.4 Å². The van der Waals surface area contributed by atoms with Gasteiger partial charge >= 0.3 is 6.03 Å². The van der Waals surface area contributed by atoms with E-state index in [4.69, 9.17) is 14.2 Å². The molecular formula is C38H55N5O7S. The molecule has 2 aliphatic rings. The molecule has 280 valence electrons. The summed E-state index contributed by atoms with van der Waals surface area (Å²) in [6, 6.07) is 14.2. The fourth-order valence-electron chi connectivity index (χ4n) is 6.37. The molecule has 4 rings (SSSR count). The molecule has 0 spiro atoms. The van der Waals surface area contributed by atoms with E-state index in [1.165, 1.54) is 5.56 Å². The predicted octanol–water partition coefficient (Wildman–Crippen LogP) is 4.45. The van der Waals surface area contributed by atoms with Crippen LogP contribution in [0.15, 0.2) is 42.5 Å². The quantitative estimate of drug-likeness (QED) is 0.0832. The third kappa shape index (κ3) is 13.5. The van der Waals surface area contributed by atoms with E-state index >= 15 is 0 Å². The minimum absolute atomic E-state index is 0.0544. The lowest BCUT2D eigenvalue weighted by molar-refractivity contribution is -0.124. The number of methoxy groups -OCH3 is 2. The predicted molar refractivity (Wildman–Crippen MR) is 200 cm³/mol. The summed E-state index contributed by atoms with van der Waals surface area (Å²) in [6.07, 6.45) is 7.97. The number of amides is 5. The summed E-state index contributed by atoms with van der Waals surface area (Å²) in [5, 5.41) is 15.0. The fourth-order valence-corrected chi connectivity index (χ4v) is 7.91. The maximum absolute atomic E-state index is 12.3. The Hall–Kier alpha value is -4.13. The third-order valence-corrected chi connectivity index (χ3v) is 10.9. The molecule has 0 aliphatic carbocycles. The van der Waals surface area contributed by atoms with Gasteiger partial charge < -0.3 is 40.8 Å². The second-order valence-electron chi connectivity index (χ2n) is 13.2. The Morgan fingerprint density at radius 3 is 2.33 bits per heavy atom. The van der Waals surface area contributed by atoms with Gasteiger partial charge in [-0.1, -0.05) is 38.0 Å². The second-order valence-corrected chi connectivity index (χ2v) is 14.5. The van der Waals surface area contributed by atoms with Crippen molar-refractivity contribution in [3.8, 4) is 17.2 Å². The number of aryl methyl sites for hydroxylation is 1. The number of rotatable bonds is 23. The van der Waals surface area contributed by atoms with Crippen molar-refractivity contribution in [1.82, 2.24) is 26.6 Å². The molecule has 0 bridgehead atoms. The molecule has 4 atom stereocenters. The summed E-state index contributed by atoms with van der Waals surface area (Å²) in [6.45, 7) is 3.35. The van der Waals surface area contributed by atoms with E-state index in [0.29, 0.717) is 55.1 Å². The SMILES string of the molecule is COc1ccc(CC[C@@H](C)c2cccc(OCC(=O)NCCNC(=O)CCCCCNC(=O)CCCC[C@@H]3SCC4NC(=O)NC43)c2)cc1OC. The first-order valence-electron chi connectivity index (χ1n) is 18.2. The van der Waals surface area contributed by atoms with E-state index < -0.39 is 0 Å². The van der Waals surface area contributed by atoms with Gasteiger partial charge in [0.15, 0.2) is 18.1 Å². The number of benzene rings is 2. The number of carbonyl (C=O) groups is 4. The summed E-state index contributed by atoms with van der Waals surface area (Å²) in [5.41, 5.74) is 2.31. The number of fused-ring (bicyclic) bond motifs is 1. The first kappa shape index (κ1) is 39.7. The van der Waals surface area contributed by atoms with Gasteiger partial charge in [0.25, 0.3) is 5.91 Å². The average molecular weight is 726 g/mol. The van der Waals surface area contributed by atoms with Crippen LogP contribution in [0.2, 0.25) is 0 Å². The molecule has 2 unspecified atom stereocenters. The normalized spacial score (nSPS) is 18.2. The number of hydrogen-bond donors (Lipinski definition) is 5. The molecule has 0 saturated carbocycles. The Kier molecular flexibility index (Phi) is 16.5. The van der Waals surface area contributed by atoms with E-state index in [9.17, 15) is 19.2 Å². The Balaban J connectivity index is 0.969. The number of carbonyl (C=O) groups excluding carboxylic acids is 4. The lowest BCUT2D eigenvalue weighted by Crippen LogP contribution is -2.36. The maximum Gasteiger partial charge on any atom is 0.315 e. The zero-order chi connectivity index (χ0) is 36.4. The minimum atomic E-state index is -0.249. The Bertz CT molecular complexity index is 1440. The van der Waals surface area contributed by atoms with Crippen LogP contribution < -0.4 is 40.8 Å². The largest absolute Gasteiger partial charge is 0.493 e. The number of hydrogen-bond acceptors (Lipinski definition) is 8. The molecule has 2 saturated heterocycles. The topological polar surface area (TPSA) is 156 Å². The van der Waals surface area contributed by atoms with Crippen LogP contribution in [-0.2, 0) is 20.8 Å². The van der Waals surface area contributed by atoms with Crippen molar-refractivity contribution in [1.29, 1.82) is 0 Å². The van der Waals surface area contributed by atoms with E-state index in [-0.39, 0.29) is 42.4 Å². The number of unbranched alkanes of at least 4 members (excludes halogenated alkanes) is 3. The molecule has 2 aliphatic heterocycles. The van der Waals surface area contributed by atoms with Crippen LogP contribution in [0.5, 0.6) is 17.2 Å². The van der Waals surface area contributed by atoms with Crippen molar-refractivity contribution in [3.63, 3.8) is 0 Å². The molecule has 0 aromatic heterocycles. The number of urea groups is 1. The molecule has 0 radical (unpaired) electrons. The van der Waals surface area contributed by atoms with Crippen molar-refractivity contribution in [2.45, 2.75) is 94.4 Å². The smallest absolute Gasteiger partial charge is 0.315 e. The average Bonchev–Trinajstić information content (AvgIpc) is 3.70. The lowest BCUT2D eigenvalue weighted by Gasteiger charge is -2.16. The van der Waals surface area contributed by atoms with Crippen LogP contribution >= 0.6 is 11.8 Å². The Morgan fingerprint density at radius 1 is 0.843 bits per heavy atom. The zero-order valence-corrected chi connectivity index (χ0v) is 31.0. The summed E-state index contributed by atoms with van der Waals surface area (Å²) in [7, 11) is 3.26. The number of thioether (sulfide) groups is 1. The van der Waals surface area contributed by atoms with Gasteiger partial charge in [-0.05, 0) is 79.8 Å². The Morgan fingerprint density at radius 2 is 1.57 bits per heavy atom. The van der Waals surface area contributed by atoms with E-state index in [1.54, 1.807) is 14.2 Å². The van der Waals surface area contributed by atoms with E-state index in [1.807, 2.05) is 42.1 Å². The summed E-state index contributed by atoms with van der Waals surface area (Å²) in [4.78, 5) is 48.1. The first-order valence-corrected chi connectivity index (χ1v) is 19.2. The second kappa shape index (κ2) is 21.3. The van der Waals surface area contributed by atoms with Crippen LogP contribution in [0, 0.1) is 0 Å². The molecule has 2 fully saturated rings. The highest BCUT2D eigenvalue weighted by atomic mass is 32.2. The molecule has 2 aromatic rings. The highest BCUT2D eigenvalue weighted by Gasteiger charge is 2.42. The number of ether oxygens (including phenoxy) is 3. The molecule has 13 heteroatoms. The van der Waals surface area contributed by atoms with Crippen molar-refractivity contribution >= 4 is 35.5 Å². The molecule has 2 aromatic carbocycles. The maximum atomic E-state index is 12.3. The van der Waals surface area contributed by atoms with Gasteiger partial charge in [0.1, 0.15) is 5.75 Å². The molecular weight excluding hydrogens is 671 g/mol. The molecule has 51 heavy (non-hydrogen) atoms. The van der Waals surface area contributed by atoms with Crippen LogP contribution in [0.1, 0.15) is 81.8 Å². The fraction of sp³-hybridized carbons (Fsp3) is 0.579. The van der Waals surface area contributed by atoms with E-state index in [2.05, 4.69) is 45.6 Å². The van der Waals surface area contributed by atoms with Gasteiger partial charge in [-0.2, -0.15) is 11.8 Å². The summed E-state index contributed by atoms with van der Waals surface area (Å²) < 4.78 is 16.5. The van der Waals surface area contributed by atoms with Crippen LogP contribution in [-0.4, -0.2) is 87.3 Å². The van der Waals surface area contributed by atoms with Crippen LogP contribution in [0.25, 0.3) is 0 Å². The lowest BCUT2D eigenvalue weighted by atomic mass is 9.94. The Labute approximate surface area is 306 Å². The van der Waals surface area contributed by atoms with Gasteiger partial charge in [0.05, 0.1) is 26.3 Å². The monoisotopic (exact) mass is 725 g/mol. The molecule has 5 N–H and O–H groups in total. The number of nitrogens with one attached hydrogen (secondary N) is 5. The van der Waals surface area contributed by atoms with Gasteiger partial charge in [-0.25, -0.2) is 4.79 Å². The summed E-state index contributed by atoms with van der Waals surface area (Å²) >= 11 is 1.90.